The zero-order valence-electron chi connectivity index (χ0n) is 25.4. The normalized spacial score (nSPS) is 12.6. The first-order valence-corrected chi connectivity index (χ1v) is 19.8. The summed E-state index contributed by atoms with van der Waals surface area (Å²) < 4.78 is 15.1. The number of rotatable bonds is 13. The SMILES string of the molecule is CCCCNc1ccc(-c2cc3sc(-c4ccc(-c5cc6sc(CC(CC)CCCC)cc6s5)c5nsnc45)cc3s2)cc1. The molecule has 8 heteroatoms. The van der Waals surface area contributed by atoms with Gasteiger partial charge in [-0.15, -0.1) is 45.3 Å². The number of nitrogens with zero attached hydrogens (tertiary/aromatic N) is 2. The van der Waals surface area contributed by atoms with Crippen LogP contribution in [0.15, 0.2) is 60.7 Å². The van der Waals surface area contributed by atoms with Crippen LogP contribution in [0.25, 0.3) is 61.2 Å². The number of thiophene rings is 4. The highest BCUT2D eigenvalue weighted by molar-refractivity contribution is 7.31. The van der Waals surface area contributed by atoms with Crippen LogP contribution in [0.1, 0.15) is 64.2 Å². The monoisotopic (exact) mass is 671 g/mol. The molecule has 2 aromatic carbocycles. The third kappa shape index (κ3) is 6.12. The van der Waals surface area contributed by atoms with Crippen LogP contribution in [0.3, 0.4) is 0 Å². The van der Waals surface area contributed by atoms with Crippen molar-refractivity contribution in [2.75, 3.05) is 11.9 Å². The van der Waals surface area contributed by atoms with Gasteiger partial charge in [0, 0.05) is 61.7 Å². The summed E-state index contributed by atoms with van der Waals surface area (Å²) in [6.45, 7) is 7.89. The molecule has 0 fully saturated rings. The lowest BCUT2D eigenvalue weighted by atomic mass is 9.95. The topological polar surface area (TPSA) is 37.8 Å². The summed E-state index contributed by atoms with van der Waals surface area (Å²) in [7, 11) is 0. The van der Waals surface area contributed by atoms with E-state index in [9.17, 15) is 0 Å². The Morgan fingerprint density at radius 3 is 1.86 bits per heavy atom. The maximum Gasteiger partial charge on any atom is 0.114 e. The summed E-state index contributed by atoms with van der Waals surface area (Å²) in [6, 6.07) is 22.9. The van der Waals surface area contributed by atoms with E-state index in [1.165, 1.54) is 117 Å². The molecular formula is C36H37N3S5. The van der Waals surface area contributed by atoms with E-state index in [0.29, 0.717) is 0 Å². The first-order valence-electron chi connectivity index (χ1n) is 15.8. The van der Waals surface area contributed by atoms with E-state index >= 15 is 0 Å². The van der Waals surface area contributed by atoms with Gasteiger partial charge in [0.15, 0.2) is 0 Å². The van der Waals surface area contributed by atoms with E-state index in [2.05, 4.69) is 86.8 Å². The molecule has 1 atom stereocenters. The van der Waals surface area contributed by atoms with Crippen LogP contribution in [-0.4, -0.2) is 15.3 Å². The maximum atomic E-state index is 4.80. The molecule has 226 valence electrons. The van der Waals surface area contributed by atoms with Crippen molar-refractivity contribution >= 4 is 92.6 Å². The standard InChI is InChI=1S/C36H37N3S5/c1-4-7-9-22(6-3)17-25-18-31-32(40-25)20-29(42-31)26-14-15-27(36-35(26)38-44-39-36)30-21-34-33(43-30)19-28(41-34)23-10-12-24(13-11-23)37-16-8-5-2/h10-15,18-22,37H,4-9,16-17H2,1-3H3. The average Bonchev–Trinajstić information content (AvgIpc) is 3.85. The molecule has 0 aliphatic heterocycles. The van der Waals surface area contributed by atoms with Crippen molar-refractivity contribution in [3.8, 4) is 31.3 Å². The first kappa shape index (κ1) is 30.1. The maximum absolute atomic E-state index is 4.80. The molecule has 44 heavy (non-hydrogen) atoms. The van der Waals surface area contributed by atoms with Crippen LogP contribution >= 0.6 is 57.1 Å². The van der Waals surface area contributed by atoms with Crippen molar-refractivity contribution in [2.24, 2.45) is 5.92 Å². The molecule has 0 saturated carbocycles. The quantitative estimate of drug-likeness (QED) is 0.124. The van der Waals surface area contributed by atoms with E-state index in [-0.39, 0.29) is 0 Å². The van der Waals surface area contributed by atoms with Gasteiger partial charge < -0.3 is 5.32 Å². The van der Waals surface area contributed by atoms with E-state index < -0.39 is 0 Å². The number of aromatic nitrogens is 2. The third-order valence-corrected chi connectivity index (χ3v) is 13.7. The molecule has 1 N–H and O–H groups in total. The predicted octanol–water partition coefficient (Wildman–Crippen LogP) is 13.2. The van der Waals surface area contributed by atoms with E-state index in [4.69, 9.17) is 8.75 Å². The third-order valence-electron chi connectivity index (χ3n) is 8.47. The summed E-state index contributed by atoms with van der Waals surface area (Å²) in [5, 5.41) is 3.52. The highest BCUT2D eigenvalue weighted by Gasteiger charge is 2.19. The molecule has 0 saturated heterocycles. The Kier molecular flexibility index (Phi) is 9.15. The molecular weight excluding hydrogens is 635 g/mol. The summed E-state index contributed by atoms with van der Waals surface area (Å²) in [4.78, 5) is 5.42. The average molecular weight is 672 g/mol. The molecule has 0 aliphatic rings. The zero-order valence-corrected chi connectivity index (χ0v) is 29.5. The van der Waals surface area contributed by atoms with Gasteiger partial charge >= 0.3 is 0 Å². The highest BCUT2D eigenvalue weighted by Crippen LogP contribution is 2.46. The lowest BCUT2D eigenvalue weighted by Gasteiger charge is -2.12. The van der Waals surface area contributed by atoms with Crippen molar-refractivity contribution in [3.05, 3.63) is 65.5 Å². The summed E-state index contributed by atoms with van der Waals surface area (Å²) in [5.41, 5.74) is 6.91. The molecule has 1 unspecified atom stereocenters. The fraction of sp³-hybridized carbons (Fsp3) is 0.333. The summed E-state index contributed by atoms with van der Waals surface area (Å²) in [5.74, 6) is 0.804. The second kappa shape index (κ2) is 13.4. The van der Waals surface area contributed by atoms with Gasteiger partial charge in [0.05, 0.1) is 11.7 Å². The molecule has 0 bridgehead atoms. The van der Waals surface area contributed by atoms with E-state index in [0.717, 1.165) is 23.5 Å². The molecule has 0 aliphatic carbocycles. The smallest absolute Gasteiger partial charge is 0.114 e. The van der Waals surface area contributed by atoms with Gasteiger partial charge in [0.25, 0.3) is 0 Å². The number of hydrogen-bond donors (Lipinski definition) is 1. The second-order valence-corrected chi connectivity index (χ2v) is 16.6. The molecule has 0 amide bonds. The molecule has 3 nitrogen and oxygen atoms in total. The Morgan fingerprint density at radius 1 is 0.659 bits per heavy atom. The fourth-order valence-corrected chi connectivity index (χ4v) is 11.4. The van der Waals surface area contributed by atoms with Crippen LogP contribution in [0.2, 0.25) is 0 Å². The zero-order chi connectivity index (χ0) is 30.0. The Labute approximate surface area is 280 Å². The van der Waals surface area contributed by atoms with Crippen molar-refractivity contribution in [3.63, 3.8) is 0 Å². The number of unbranched alkanes of at least 4 members (excludes halogenated alkanes) is 2. The minimum absolute atomic E-state index is 0.804. The van der Waals surface area contributed by atoms with Crippen LogP contribution in [0, 0.1) is 5.92 Å². The molecule has 0 spiro atoms. The number of nitrogens with one attached hydrogen (secondary N) is 1. The summed E-state index contributed by atoms with van der Waals surface area (Å²) >= 11 is 8.94. The van der Waals surface area contributed by atoms with Crippen molar-refractivity contribution in [1.82, 2.24) is 8.75 Å². The van der Waals surface area contributed by atoms with Gasteiger partial charge in [-0.1, -0.05) is 77.1 Å². The highest BCUT2D eigenvalue weighted by atomic mass is 32.1. The number of anilines is 1. The Bertz CT molecular complexity index is 1940. The van der Waals surface area contributed by atoms with E-state index in [1.807, 2.05) is 45.3 Å². The Hall–Kier alpha value is -2.62. The molecule has 7 rings (SSSR count). The fourth-order valence-electron chi connectivity index (χ4n) is 5.88. The number of benzene rings is 2. The molecule has 0 radical (unpaired) electrons. The lowest BCUT2D eigenvalue weighted by Crippen LogP contribution is -2.01. The first-order chi connectivity index (χ1) is 21.6. The Morgan fingerprint density at radius 2 is 1.25 bits per heavy atom. The molecule has 5 aromatic heterocycles. The number of hydrogen-bond acceptors (Lipinski definition) is 8. The van der Waals surface area contributed by atoms with Crippen LogP contribution in [0.5, 0.6) is 0 Å². The summed E-state index contributed by atoms with van der Waals surface area (Å²) in [6.07, 6.45) is 8.87. The largest absolute Gasteiger partial charge is 0.385 e. The predicted molar refractivity (Wildman–Crippen MR) is 201 cm³/mol. The van der Waals surface area contributed by atoms with Gasteiger partial charge in [-0.25, -0.2) is 0 Å². The van der Waals surface area contributed by atoms with Gasteiger partial charge in [-0.2, -0.15) is 8.75 Å². The second-order valence-electron chi connectivity index (χ2n) is 11.6. The van der Waals surface area contributed by atoms with Gasteiger partial charge in [-0.3, -0.25) is 0 Å². The minimum Gasteiger partial charge on any atom is -0.385 e. The Balaban J connectivity index is 1.12. The minimum atomic E-state index is 0.804. The van der Waals surface area contributed by atoms with Gasteiger partial charge in [0.2, 0.25) is 0 Å². The van der Waals surface area contributed by atoms with Crippen molar-refractivity contribution in [2.45, 2.75) is 65.7 Å². The van der Waals surface area contributed by atoms with E-state index in [1.54, 1.807) is 0 Å². The number of fused-ring (bicyclic) bond motifs is 3. The van der Waals surface area contributed by atoms with Crippen LogP contribution < -0.4 is 5.32 Å². The van der Waals surface area contributed by atoms with Crippen molar-refractivity contribution in [1.29, 1.82) is 0 Å². The molecule has 5 heterocycles. The van der Waals surface area contributed by atoms with Gasteiger partial charge in [-0.05, 0) is 60.7 Å². The molecule has 7 aromatic rings. The lowest BCUT2D eigenvalue weighted by molar-refractivity contribution is 0.452. The van der Waals surface area contributed by atoms with Crippen molar-refractivity contribution < 1.29 is 0 Å². The van der Waals surface area contributed by atoms with Crippen LogP contribution in [-0.2, 0) is 6.42 Å². The van der Waals surface area contributed by atoms with Crippen LogP contribution in [0.4, 0.5) is 5.69 Å². The van der Waals surface area contributed by atoms with Gasteiger partial charge in [0.1, 0.15) is 11.0 Å².